The molecule has 0 radical (unpaired) electrons. The first-order valence-electron chi connectivity index (χ1n) is 20.9. The van der Waals surface area contributed by atoms with Gasteiger partial charge in [-0.15, -0.1) is 0 Å². The number of hydrogen-bond acceptors (Lipinski definition) is 1. The number of para-hydroxylation sites is 3. The molecule has 0 saturated carbocycles. The van der Waals surface area contributed by atoms with Crippen LogP contribution in [0.3, 0.4) is 0 Å². The molecule has 2 aliphatic rings. The van der Waals surface area contributed by atoms with Crippen LogP contribution in [0.5, 0.6) is 0 Å². The third kappa shape index (κ3) is 5.76. The summed E-state index contributed by atoms with van der Waals surface area (Å²) in [6, 6.07) is 51.2. The van der Waals surface area contributed by atoms with Crippen molar-refractivity contribution in [3.05, 3.63) is 181 Å². The zero-order valence-corrected chi connectivity index (χ0v) is 34.8. The molecule has 2 unspecified atom stereocenters. The summed E-state index contributed by atoms with van der Waals surface area (Å²) in [4.78, 5) is 0. The molecule has 0 amide bonds. The molecule has 2 atom stereocenters. The van der Waals surface area contributed by atoms with E-state index in [1.54, 1.807) is 0 Å². The number of allylic oxidation sites excluding steroid dienone is 1. The fourth-order valence-electron chi connectivity index (χ4n) is 10.1. The van der Waals surface area contributed by atoms with Crippen LogP contribution in [0.4, 0.5) is 4.39 Å². The molecular weight excluding hydrogens is 742 g/mol. The second-order valence-electron chi connectivity index (χ2n) is 17.5. The highest BCUT2D eigenvalue weighted by atomic mass is 28.3. The van der Waals surface area contributed by atoms with Gasteiger partial charge < -0.3 is 4.42 Å². The molecule has 59 heavy (non-hydrogen) atoms. The predicted octanol–water partition coefficient (Wildman–Crippen LogP) is 12.0. The van der Waals surface area contributed by atoms with Crippen molar-refractivity contribution in [2.75, 3.05) is 0 Å². The Bertz CT molecular complexity index is 3140. The highest BCUT2D eigenvalue weighted by Gasteiger charge is 2.44. The van der Waals surface area contributed by atoms with Gasteiger partial charge in [0.25, 0.3) is 5.82 Å². The summed E-state index contributed by atoms with van der Waals surface area (Å²) >= 11 is 0. The maximum absolute atomic E-state index is 14.1. The number of aryl methyl sites for hydroxylation is 1. The molecule has 6 aromatic carbocycles. The Morgan fingerprint density at radius 1 is 0.746 bits per heavy atom. The molecule has 3 aromatic heterocycles. The van der Waals surface area contributed by atoms with E-state index >= 15 is 0 Å². The fourth-order valence-corrected chi connectivity index (χ4v) is 11.2. The molecule has 0 fully saturated rings. The van der Waals surface area contributed by atoms with Crippen LogP contribution in [0.15, 0.2) is 163 Å². The fraction of sp³-hybridized carbons (Fsp3) is 0.170. The molecule has 0 N–H and O–H groups in total. The van der Waals surface area contributed by atoms with Gasteiger partial charge in [-0.25, -0.2) is 8.96 Å². The van der Waals surface area contributed by atoms with E-state index in [1.165, 1.54) is 45.3 Å². The van der Waals surface area contributed by atoms with Gasteiger partial charge in [0.05, 0.1) is 14.5 Å². The topological polar surface area (TPSA) is 25.8 Å². The van der Waals surface area contributed by atoms with Crippen molar-refractivity contribution in [1.29, 1.82) is 0 Å². The van der Waals surface area contributed by atoms with Crippen LogP contribution < -0.4 is 14.3 Å². The van der Waals surface area contributed by atoms with Crippen molar-refractivity contribution in [2.45, 2.75) is 57.4 Å². The van der Waals surface area contributed by atoms with Gasteiger partial charge in [-0.2, -0.15) is 9.13 Å². The van der Waals surface area contributed by atoms with E-state index in [0.717, 1.165) is 80.4 Å². The molecular formula is C53H46FN3OSi+2. The molecule has 9 aromatic rings. The van der Waals surface area contributed by atoms with E-state index in [2.05, 4.69) is 161 Å². The first-order valence-corrected chi connectivity index (χ1v) is 24.4. The normalized spacial score (nSPS) is 16.4. The highest BCUT2D eigenvalue weighted by molar-refractivity contribution is 6.88. The lowest BCUT2D eigenvalue weighted by atomic mass is 9.77. The second-order valence-corrected chi connectivity index (χ2v) is 22.6. The second kappa shape index (κ2) is 13.6. The third-order valence-corrected chi connectivity index (χ3v) is 15.0. The van der Waals surface area contributed by atoms with E-state index in [9.17, 15) is 4.39 Å². The van der Waals surface area contributed by atoms with Gasteiger partial charge in [0, 0.05) is 39.1 Å². The Morgan fingerprint density at radius 2 is 1.49 bits per heavy atom. The molecule has 6 heteroatoms. The quantitative estimate of drug-likeness (QED) is 0.129. The van der Waals surface area contributed by atoms with Crippen LogP contribution in [0, 0.1) is 5.82 Å². The highest BCUT2D eigenvalue weighted by Crippen LogP contribution is 2.47. The molecule has 11 rings (SSSR count). The van der Waals surface area contributed by atoms with Crippen LogP contribution in [-0.2, 0) is 13.0 Å². The number of imidazole rings is 1. The van der Waals surface area contributed by atoms with Gasteiger partial charge in [-0.1, -0.05) is 135 Å². The van der Waals surface area contributed by atoms with Gasteiger partial charge in [0.1, 0.15) is 29.2 Å². The van der Waals surface area contributed by atoms with Crippen molar-refractivity contribution in [3.63, 3.8) is 0 Å². The lowest BCUT2D eigenvalue weighted by Gasteiger charge is -2.32. The third-order valence-electron chi connectivity index (χ3n) is 13.0. The summed E-state index contributed by atoms with van der Waals surface area (Å²) in [5.74, 6) is 1.09. The standard InChI is InChI=1S/C53H46FN3OSi/c1-34-31-49-43(41-15-8-9-16-42(41)46-30-27-39(33-55(46)49)59(2,3)4)28-23-37-24-29-45-44-18-12-17-40(36-21-25-38(54)26-22-36)51(44)58-52(45)50(37)53-56(32-35-13-6-5-7-14-35)47-19-10-11-20-48(47)57(34)53/h5-22,24-27,29-30,33,43,49H,1,23,28,31-32H2,2-4H3/q+2. The Labute approximate surface area is 345 Å². The zero-order valence-electron chi connectivity index (χ0n) is 33.8. The lowest BCUT2D eigenvalue weighted by molar-refractivity contribution is -0.719. The summed E-state index contributed by atoms with van der Waals surface area (Å²) in [7, 11) is -1.62. The van der Waals surface area contributed by atoms with Crippen LogP contribution in [0.1, 0.15) is 41.5 Å². The number of fused-ring (bicyclic) bond motifs is 15. The largest absolute Gasteiger partial charge is 0.454 e. The average Bonchev–Trinajstić information content (AvgIpc) is 3.79. The van der Waals surface area contributed by atoms with Crippen LogP contribution in [-0.4, -0.2) is 12.6 Å². The summed E-state index contributed by atoms with van der Waals surface area (Å²) < 4.78 is 28.9. The minimum Gasteiger partial charge on any atom is -0.454 e. The Balaban J connectivity index is 1.21. The Kier molecular flexibility index (Phi) is 8.25. The first kappa shape index (κ1) is 35.8. The van der Waals surface area contributed by atoms with Crippen molar-refractivity contribution in [1.82, 2.24) is 4.57 Å². The number of aromatic nitrogens is 3. The molecule has 2 aliphatic heterocycles. The van der Waals surface area contributed by atoms with Gasteiger partial charge in [-0.3, -0.25) is 0 Å². The maximum atomic E-state index is 14.1. The molecule has 5 heterocycles. The zero-order chi connectivity index (χ0) is 40.0. The van der Waals surface area contributed by atoms with Gasteiger partial charge in [0.15, 0.2) is 28.9 Å². The molecule has 288 valence electrons. The first-order chi connectivity index (χ1) is 28.7. The SMILES string of the molecule is C=C1CC2C(CCc3ccc4c(oc5c(-c6ccc(F)cc6)cccc54)c3-c3n(Cc4ccccc4)c4ccccc4[n+]31)c1ccccc1-c1ccc([Si](C)(C)C)c[n+]12. The van der Waals surface area contributed by atoms with E-state index < -0.39 is 8.07 Å². The van der Waals surface area contributed by atoms with Crippen LogP contribution in [0.25, 0.3) is 72.4 Å². The summed E-state index contributed by atoms with van der Waals surface area (Å²) in [5.41, 5.74) is 14.5. The van der Waals surface area contributed by atoms with Crippen molar-refractivity contribution >= 4 is 51.9 Å². The molecule has 0 aliphatic carbocycles. The van der Waals surface area contributed by atoms with Gasteiger partial charge in [0.2, 0.25) is 5.69 Å². The Morgan fingerprint density at radius 3 is 2.32 bits per heavy atom. The minimum atomic E-state index is -1.62. The number of pyridine rings is 1. The molecule has 4 nitrogen and oxygen atoms in total. The number of nitrogens with zero attached hydrogens (tertiary/aromatic N) is 3. The summed E-state index contributed by atoms with van der Waals surface area (Å²) in [6.45, 7) is 13.0. The lowest BCUT2D eigenvalue weighted by Crippen LogP contribution is -2.53. The molecule has 0 spiro atoms. The van der Waals surface area contributed by atoms with E-state index in [1.807, 2.05) is 12.1 Å². The smallest absolute Gasteiger partial charge is 0.299 e. The number of hydrogen-bond donors (Lipinski definition) is 0. The maximum Gasteiger partial charge on any atom is 0.299 e. The van der Waals surface area contributed by atoms with Crippen LogP contribution in [0.2, 0.25) is 19.6 Å². The van der Waals surface area contributed by atoms with Crippen molar-refractivity contribution < 1.29 is 17.9 Å². The van der Waals surface area contributed by atoms with Gasteiger partial charge in [-0.05, 0) is 65.4 Å². The Hall–Kier alpha value is -6.37. The number of furan rings is 1. The van der Waals surface area contributed by atoms with E-state index in [4.69, 9.17) is 11.0 Å². The van der Waals surface area contributed by atoms with Crippen molar-refractivity contribution in [3.8, 4) is 33.8 Å². The van der Waals surface area contributed by atoms with Gasteiger partial charge >= 0.3 is 0 Å². The average molecular weight is 788 g/mol. The van der Waals surface area contributed by atoms with E-state index in [0.29, 0.717) is 6.54 Å². The predicted molar refractivity (Wildman–Crippen MR) is 241 cm³/mol. The molecule has 0 bridgehead atoms. The molecule has 0 saturated heterocycles. The van der Waals surface area contributed by atoms with Crippen LogP contribution >= 0.6 is 0 Å². The number of benzene rings is 6. The summed E-state index contributed by atoms with van der Waals surface area (Å²) in [6.07, 6.45) is 5.11. The van der Waals surface area contributed by atoms with E-state index in [-0.39, 0.29) is 17.8 Å². The number of rotatable bonds is 4. The monoisotopic (exact) mass is 787 g/mol. The van der Waals surface area contributed by atoms with Crippen molar-refractivity contribution in [2.24, 2.45) is 0 Å². The summed E-state index contributed by atoms with van der Waals surface area (Å²) in [5, 5.41) is 3.58. The minimum absolute atomic E-state index is 0.176. The number of halogens is 1.